The molecule has 1 saturated carbocycles. The molecule has 2 amide bonds. The number of fused-ring (bicyclic) bond motifs is 2. The maximum Gasteiger partial charge on any atom is 0.270 e. The molecule has 0 bridgehead atoms. The molecule has 5 rings (SSSR count). The van der Waals surface area contributed by atoms with Gasteiger partial charge in [0.25, 0.3) is 5.91 Å². The first kappa shape index (κ1) is 22.1. The molecule has 2 N–H and O–H groups in total. The van der Waals surface area contributed by atoms with E-state index in [2.05, 4.69) is 20.6 Å². The number of hydrogen-bond donors (Lipinski definition) is 2. The Morgan fingerprint density at radius 1 is 0.879 bits per heavy atom. The Bertz CT molecular complexity index is 1370. The Balaban J connectivity index is 1.16. The number of nitrogens with one attached hydrogen (secondary N) is 2. The van der Waals surface area contributed by atoms with Crippen LogP contribution < -0.4 is 10.6 Å². The average Bonchev–Trinajstić information content (AvgIpc) is 3.20. The molecule has 1 aliphatic carbocycles. The van der Waals surface area contributed by atoms with Crippen molar-refractivity contribution in [1.82, 2.24) is 15.3 Å². The number of amides is 2. The Labute approximate surface area is 204 Å². The van der Waals surface area contributed by atoms with E-state index in [-0.39, 0.29) is 23.8 Å². The lowest BCUT2D eigenvalue weighted by atomic mass is 9.85. The topological polar surface area (TPSA) is 84.0 Å². The molecule has 0 spiro atoms. The predicted octanol–water partition coefficient (Wildman–Crippen LogP) is 6.08. The summed E-state index contributed by atoms with van der Waals surface area (Å²) >= 11 is 13.5. The summed E-state index contributed by atoms with van der Waals surface area (Å²) in [5, 5.41) is 8.73. The van der Waals surface area contributed by atoms with Gasteiger partial charge in [0.15, 0.2) is 5.13 Å². The normalized spacial score (nSPS) is 18.4. The summed E-state index contributed by atoms with van der Waals surface area (Å²) in [6, 6.07) is 14.5. The first-order chi connectivity index (χ1) is 15.9. The van der Waals surface area contributed by atoms with Crippen LogP contribution in [-0.2, 0) is 4.79 Å². The smallest absolute Gasteiger partial charge is 0.270 e. The SMILES string of the molecule is O=C(N[C@H]1CC[C@H](C(=O)Nc2nc3cc(Cl)ccc3s2)CC1)c1ccc2cc(Cl)ccc2n1. The van der Waals surface area contributed by atoms with Crippen LogP contribution in [0.2, 0.25) is 10.0 Å². The van der Waals surface area contributed by atoms with Crippen LogP contribution >= 0.6 is 34.5 Å². The summed E-state index contributed by atoms with van der Waals surface area (Å²) in [6.45, 7) is 0. The molecule has 4 aromatic rings. The minimum atomic E-state index is -0.201. The van der Waals surface area contributed by atoms with Gasteiger partial charge in [-0.25, -0.2) is 9.97 Å². The molecular formula is C24H20Cl2N4O2S. The van der Waals surface area contributed by atoms with Crippen LogP contribution in [0.15, 0.2) is 48.5 Å². The number of carbonyl (C=O) groups excluding carboxylic acids is 2. The molecule has 9 heteroatoms. The van der Waals surface area contributed by atoms with E-state index in [1.165, 1.54) is 11.3 Å². The van der Waals surface area contributed by atoms with E-state index in [1.807, 2.05) is 24.3 Å². The van der Waals surface area contributed by atoms with Gasteiger partial charge in [-0.3, -0.25) is 9.59 Å². The van der Waals surface area contributed by atoms with Crippen LogP contribution in [0.4, 0.5) is 5.13 Å². The maximum atomic E-state index is 12.7. The first-order valence-corrected chi connectivity index (χ1v) is 12.3. The number of pyridine rings is 1. The Morgan fingerprint density at radius 2 is 1.64 bits per heavy atom. The zero-order chi connectivity index (χ0) is 22.9. The lowest BCUT2D eigenvalue weighted by Crippen LogP contribution is -2.39. The fourth-order valence-corrected chi connectivity index (χ4v) is 5.34. The minimum Gasteiger partial charge on any atom is -0.348 e. The highest BCUT2D eigenvalue weighted by atomic mass is 35.5. The van der Waals surface area contributed by atoms with Crippen LogP contribution in [0.25, 0.3) is 21.1 Å². The number of nitrogens with zero attached hydrogens (tertiary/aromatic N) is 2. The van der Waals surface area contributed by atoms with Gasteiger partial charge in [-0.1, -0.05) is 40.6 Å². The Kier molecular flexibility index (Phi) is 6.19. The molecule has 168 valence electrons. The second-order valence-corrected chi connectivity index (χ2v) is 10.1. The van der Waals surface area contributed by atoms with Crippen molar-refractivity contribution in [2.24, 2.45) is 5.92 Å². The highest BCUT2D eigenvalue weighted by molar-refractivity contribution is 7.22. The fraction of sp³-hybridized carbons (Fsp3) is 0.250. The molecule has 1 aliphatic rings. The molecule has 33 heavy (non-hydrogen) atoms. The lowest BCUT2D eigenvalue weighted by molar-refractivity contribution is -0.120. The summed E-state index contributed by atoms with van der Waals surface area (Å²) < 4.78 is 0.978. The third kappa shape index (κ3) is 4.95. The number of benzene rings is 2. The average molecular weight is 499 g/mol. The van der Waals surface area contributed by atoms with E-state index < -0.39 is 0 Å². The summed E-state index contributed by atoms with van der Waals surface area (Å²) in [7, 11) is 0. The zero-order valence-electron chi connectivity index (χ0n) is 17.5. The molecule has 0 aliphatic heterocycles. The molecule has 0 unspecified atom stereocenters. The van der Waals surface area contributed by atoms with Crippen molar-refractivity contribution in [2.75, 3.05) is 5.32 Å². The van der Waals surface area contributed by atoms with E-state index >= 15 is 0 Å². The number of aromatic nitrogens is 2. The molecule has 0 atom stereocenters. The monoisotopic (exact) mass is 498 g/mol. The van der Waals surface area contributed by atoms with Crippen molar-refractivity contribution in [3.8, 4) is 0 Å². The van der Waals surface area contributed by atoms with E-state index in [0.29, 0.717) is 33.7 Å². The second-order valence-electron chi connectivity index (χ2n) is 8.18. The predicted molar refractivity (Wildman–Crippen MR) is 133 cm³/mol. The van der Waals surface area contributed by atoms with Gasteiger partial charge in [-0.05, 0) is 68.1 Å². The molecule has 6 nitrogen and oxygen atoms in total. The van der Waals surface area contributed by atoms with Crippen molar-refractivity contribution >= 4 is 72.6 Å². The number of anilines is 1. The van der Waals surface area contributed by atoms with Crippen molar-refractivity contribution in [2.45, 2.75) is 31.7 Å². The van der Waals surface area contributed by atoms with E-state index in [9.17, 15) is 9.59 Å². The number of rotatable bonds is 4. The van der Waals surface area contributed by atoms with Gasteiger partial charge in [0.1, 0.15) is 5.69 Å². The van der Waals surface area contributed by atoms with Crippen molar-refractivity contribution in [3.05, 3.63) is 64.3 Å². The Hall–Kier alpha value is -2.74. The standard InChI is InChI=1S/C24H20Cl2N4O2S/c25-15-4-9-18-14(11-15)3-8-19(28-18)23(32)27-17-6-1-13(2-7-17)22(31)30-24-29-20-12-16(26)5-10-21(20)33-24/h3-5,8-13,17H,1-2,6-7H2,(H,27,32)(H,29,30,31)/t13-,17-. The first-order valence-electron chi connectivity index (χ1n) is 10.7. The third-order valence-corrected chi connectivity index (χ3v) is 7.32. The summed E-state index contributed by atoms with van der Waals surface area (Å²) in [6.07, 6.45) is 2.89. The molecule has 2 aromatic carbocycles. The van der Waals surface area contributed by atoms with Gasteiger partial charge in [-0.15, -0.1) is 0 Å². The largest absolute Gasteiger partial charge is 0.348 e. The molecule has 2 aromatic heterocycles. The van der Waals surface area contributed by atoms with E-state index in [1.54, 1.807) is 24.3 Å². The van der Waals surface area contributed by atoms with Crippen molar-refractivity contribution in [3.63, 3.8) is 0 Å². The number of thiazole rings is 1. The molecule has 0 saturated heterocycles. The maximum absolute atomic E-state index is 12.7. The van der Waals surface area contributed by atoms with Gasteiger partial charge in [0.05, 0.1) is 15.7 Å². The van der Waals surface area contributed by atoms with Gasteiger partial charge < -0.3 is 10.6 Å². The molecule has 1 fully saturated rings. The van der Waals surface area contributed by atoms with Crippen molar-refractivity contribution in [1.29, 1.82) is 0 Å². The van der Waals surface area contributed by atoms with Gasteiger partial charge in [0, 0.05) is 27.4 Å². The molecule has 2 heterocycles. The zero-order valence-corrected chi connectivity index (χ0v) is 19.8. The lowest BCUT2D eigenvalue weighted by Gasteiger charge is -2.28. The van der Waals surface area contributed by atoms with Crippen LogP contribution in [0.5, 0.6) is 0 Å². The van der Waals surface area contributed by atoms with Crippen LogP contribution in [-0.4, -0.2) is 27.8 Å². The van der Waals surface area contributed by atoms with Crippen LogP contribution in [0, 0.1) is 5.92 Å². The van der Waals surface area contributed by atoms with Crippen LogP contribution in [0.1, 0.15) is 36.2 Å². The van der Waals surface area contributed by atoms with Gasteiger partial charge in [0.2, 0.25) is 5.91 Å². The van der Waals surface area contributed by atoms with E-state index in [4.69, 9.17) is 23.2 Å². The highest BCUT2D eigenvalue weighted by Crippen LogP contribution is 2.30. The van der Waals surface area contributed by atoms with E-state index in [0.717, 1.165) is 34.0 Å². The molecule has 0 radical (unpaired) electrons. The van der Waals surface area contributed by atoms with Crippen molar-refractivity contribution < 1.29 is 9.59 Å². The summed E-state index contributed by atoms with van der Waals surface area (Å²) in [5.41, 5.74) is 1.88. The summed E-state index contributed by atoms with van der Waals surface area (Å²) in [5.74, 6) is -0.329. The highest BCUT2D eigenvalue weighted by Gasteiger charge is 2.28. The fourth-order valence-electron chi connectivity index (χ4n) is 4.14. The molecular weight excluding hydrogens is 479 g/mol. The minimum absolute atomic E-state index is 0.0221. The number of carbonyl (C=O) groups is 2. The third-order valence-electron chi connectivity index (χ3n) is 5.90. The van der Waals surface area contributed by atoms with Gasteiger partial charge >= 0.3 is 0 Å². The number of hydrogen-bond acceptors (Lipinski definition) is 5. The quantitative estimate of drug-likeness (QED) is 0.357. The number of halogens is 2. The second kappa shape index (κ2) is 9.25. The van der Waals surface area contributed by atoms with Crippen LogP contribution in [0.3, 0.4) is 0 Å². The van der Waals surface area contributed by atoms with Gasteiger partial charge in [-0.2, -0.15) is 0 Å². The Morgan fingerprint density at radius 3 is 2.45 bits per heavy atom. The summed E-state index contributed by atoms with van der Waals surface area (Å²) in [4.78, 5) is 34.3.